The minimum Gasteiger partial charge on any atom is -0.443 e. The summed E-state index contributed by atoms with van der Waals surface area (Å²) in [6, 6.07) is 20.4. The average Bonchev–Trinajstić information content (AvgIpc) is 3.56. The predicted molar refractivity (Wildman–Crippen MR) is 175 cm³/mol. The van der Waals surface area contributed by atoms with Gasteiger partial charge in [0.15, 0.2) is 10.9 Å². The van der Waals surface area contributed by atoms with Crippen molar-refractivity contribution in [1.82, 2.24) is 4.98 Å². The van der Waals surface area contributed by atoms with Gasteiger partial charge in [0.1, 0.15) is 30.0 Å². The van der Waals surface area contributed by atoms with Crippen molar-refractivity contribution in [2.75, 3.05) is 18.6 Å². The van der Waals surface area contributed by atoms with Gasteiger partial charge in [-0.2, -0.15) is 0 Å². The smallest absolute Gasteiger partial charge is 0.416 e. The highest BCUT2D eigenvalue weighted by Gasteiger charge is 2.53. The van der Waals surface area contributed by atoms with Crippen molar-refractivity contribution in [3.8, 4) is 0 Å². The Morgan fingerprint density at radius 1 is 0.977 bits per heavy atom. The first-order valence-corrected chi connectivity index (χ1v) is 17.6. The number of aliphatic hydroxyl groups is 2. The molecule has 4 atom stereocenters. The minimum atomic E-state index is -2.93. The molecule has 0 radical (unpaired) electrons. The average molecular weight is 643 g/mol. The number of carbonyl (C=O) groups is 1. The van der Waals surface area contributed by atoms with E-state index < -0.39 is 50.2 Å². The lowest BCUT2D eigenvalue weighted by Gasteiger charge is -2.43. The molecular weight excluding hydrogens is 597 g/mol. The van der Waals surface area contributed by atoms with E-state index in [4.69, 9.17) is 18.6 Å². The molecule has 1 amide bonds. The van der Waals surface area contributed by atoms with Gasteiger partial charge in [-0.25, -0.2) is 9.78 Å². The summed E-state index contributed by atoms with van der Waals surface area (Å²) in [7, 11) is -1.36. The molecule has 1 fully saturated rings. The molecule has 2 aromatic carbocycles. The maximum absolute atomic E-state index is 12.6. The van der Waals surface area contributed by atoms with Gasteiger partial charge in [-0.05, 0) is 50.0 Å². The van der Waals surface area contributed by atoms with Gasteiger partial charge in [0, 0.05) is 13.2 Å². The Bertz CT molecular complexity index is 1350. The molecule has 1 aliphatic heterocycles. The number of ether oxygens (including phenoxy) is 3. The highest BCUT2D eigenvalue weighted by atomic mass is 32.1. The van der Waals surface area contributed by atoms with E-state index in [9.17, 15) is 15.0 Å². The first-order valence-electron chi connectivity index (χ1n) is 14.8. The topological polar surface area (TPSA) is 111 Å². The maximum atomic E-state index is 12.6. The number of amides is 1. The Labute approximate surface area is 265 Å². The Hall–Kier alpha value is -2.64. The van der Waals surface area contributed by atoms with Gasteiger partial charge in [0.05, 0.1) is 11.5 Å². The number of rotatable bonds is 9. The highest BCUT2D eigenvalue weighted by molar-refractivity contribution is 7.15. The number of aromatic nitrogens is 1. The summed E-state index contributed by atoms with van der Waals surface area (Å²) in [5.41, 5.74) is -0.661. The van der Waals surface area contributed by atoms with Crippen LogP contribution in [0.25, 0.3) is 0 Å². The first kappa shape index (κ1) is 34.2. The van der Waals surface area contributed by atoms with Crippen LogP contribution in [0, 0.1) is 0 Å². The van der Waals surface area contributed by atoms with Gasteiger partial charge in [-0.1, -0.05) is 92.8 Å². The fraction of sp³-hybridized carbons (Fsp3) is 0.515. The molecule has 44 heavy (non-hydrogen) atoms. The van der Waals surface area contributed by atoms with E-state index in [2.05, 4.69) is 50.0 Å². The van der Waals surface area contributed by atoms with Crippen molar-refractivity contribution in [2.45, 2.75) is 96.2 Å². The van der Waals surface area contributed by atoms with Crippen LogP contribution in [0.5, 0.6) is 0 Å². The lowest BCUT2D eigenvalue weighted by atomic mass is 10.0. The largest absolute Gasteiger partial charge is 0.443 e. The number of nitrogens with zero attached hydrogens (tertiary/aromatic N) is 2. The fourth-order valence-corrected chi connectivity index (χ4v) is 11.0. The molecule has 4 rings (SSSR count). The third kappa shape index (κ3) is 7.42. The standard InChI is InChI=1S/C33H46N2O7SSi/c1-31(2,3)42-30(38)35(9)29-34-20-25(43-29)26(37)28-27(40-33(7,8)41-28)24(36)21-39-44(32(4,5)6,22-16-12-10-13-17-22)23-18-14-11-15-19-23/h10-20,24,26-28,36-37H,21H2,1-9H3/t24-,26?,27-,28-/m1/s1. The molecule has 0 bridgehead atoms. The number of anilines is 1. The van der Waals surface area contributed by atoms with E-state index in [-0.39, 0.29) is 11.6 Å². The summed E-state index contributed by atoms with van der Waals surface area (Å²) in [6.45, 7) is 15.3. The molecule has 1 aromatic heterocycles. The molecule has 1 unspecified atom stereocenters. The highest BCUT2D eigenvalue weighted by Crippen LogP contribution is 2.41. The first-order chi connectivity index (χ1) is 20.4. The van der Waals surface area contributed by atoms with Crippen LogP contribution in [0.2, 0.25) is 5.04 Å². The van der Waals surface area contributed by atoms with E-state index in [0.29, 0.717) is 10.0 Å². The summed E-state index contributed by atoms with van der Waals surface area (Å²) in [4.78, 5) is 18.7. The third-order valence-corrected chi connectivity index (χ3v) is 13.6. The number of benzene rings is 2. The number of aliphatic hydroxyl groups excluding tert-OH is 2. The summed E-state index contributed by atoms with van der Waals surface area (Å²) in [6.07, 6.45) is -3.15. The zero-order chi connectivity index (χ0) is 32.5. The van der Waals surface area contributed by atoms with Crippen LogP contribution in [0.3, 0.4) is 0 Å². The van der Waals surface area contributed by atoms with Crippen LogP contribution in [-0.2, 0) is 18.6 Å². The van der Waals surface area contributed by atoms with Gasteiger partial charge < -0.3 is 28.8 Å². The second-order valence-corrected chi connectivity index (χ2v) is 19.0. The van der Waals surface area contributed by atoms with Crippen molar-refractivity contribution >= 4 is 41.3 Å². The number of hydrogen-bond donors (Lipinski definition) is 2. The quantitative estimate of drug-likeness (QED) is 0.314. The van der Waals surface area contributed by atoms with Crippen LogP contribution in [0.1, 0.15) is 66.4 Å². The molecule has 0 aliphatic carbocycles. The van der Waals surface area contributed by atoms with E-state index in [1.54, 1.807) is 41.7 Å². The van der Waals surface area contributed by atoms with Crippen LogP contribution < -0.4 is 15.3 Å². The van der Waals surface area contributed by atoms with E-state index in [1.165, 1.54) is 11.1 Å². The van der Waals surface area contributed by atoms with Gasteiger partial charge in [-0.15, -0.1) is 0 Å². The van der Waals surface area contributed by atoms with Crippen molar-refractivity contribution in [3.63, 3.8) is 0 Å². The van der Waals surface area contributed by atoms with Gasteiger partial charge >= 0.3 is 6.09 Å². The fourth-order valence-electron chi connectivity index (χ4n) is 5.56. The van der Waals surface area contributed by atoms with E-state index >= 15 is 0 Å². The third-order valence-electron chi connectivity index (χ3n) is 7.50. The molecule has 11 heteroatoms. The van der Waals surface area contributed by atoms with Crippen LogP contribution in [0.4, 0.5) is 9.93 Å². The Morgan fingerprint density at radius 2 is 1.50 bits per heavy atom. The second kappa shape index (κ2) is 13.0. The molecule has 2 heterocycles. The summed E-state index contributed by atoms with van der Waals surface area (Å²) >= 11 is 1.14. The van der Waals surface area contributed by atoms with Crippen LogP contribution >= 0.6 is 11.3 Å². The van der Waals surface area contributed by atoms with Gasteiger partial charge in [-0.3, -0.25) is 4.90 Å². The van der Waals surface area contributed by atoms with Crippen molar-refractivity contribution in [3.05, 3.63) is 71.7 Å². The monoisotopic (exact) mass is 642 g/mol. The lowest BCUT2D eigenvalue weighted by Crippen LogP contribution is -2.67. The lowest BCUT2D eigenvalue weighted by molar-refractivity contribution is -0.161. The van der Waals surface area contributed by atoms with Crippen molar-refractivity contribution < 1.29 is 33.6 Å². The summed E-state index contributed by atoms with van der Waals surface area (Å²) in [5, 5.41) is 25.4. The predicted octanol–water partition coefficient (Wildman–Crippen LogP) is 5.01. The number of thiazole rings is 1. The molecule has 240 valence electrons. The Morgan fingerprint density at radius 3 is 2.00 bits per heavy atom. The molecule has 1 aliphatic rings. The summed E-state index contributed by atoms with van der Waals surface area (Å²) in [5.74, 6) is -1.06. The molecule has 1 saturated heterocycles. The normalized spacial score (nSPS) is 20.2. The zero-order valence-electron chi connectivity index (χ0n) is 27.1. The van der Waals surface area contributed by atoms with Crippen LogP contribution in [0.15, 0.2) is 66.9 Å². The van der Waals surface area contributed by atoms with Crippen molar-refractivity contribution in [1.29, 1.82) is 0 Å². The van der Waals surface area contributed by atoms with E-state index in [0.717, 1.165) is 21.7 Å². The number of carbonyl (C=O) groups excluding carboxylic acids is 1. The zero-order valence-corrected chi connectivity index (χ0v) is 28.9. The van der Waals surface area contributed by atoms with Gasteiger partial charge in [0.2, 0.25) is 0 Å². The minimum absolute atomic E-state index is 0.0318. The maximum Gasteiger partial charge on any atom is 0.416 e. The summed E-state index contributed by atoms with van der Waals surface area (Å²) < 4.78 is 24.7. The molecule has 0 saturated carbocycles. The number of hydrogen-bond acceptors (Lipinski definition) is 9. The molecule has 2 N–H and O–H groups in total. The Kier molecular flexibility index (Phi) is 10.1. The Balaban J connectivity index is 1.59. The molecular formula is C33H46N2O7SSi. The second-order valence-electron chi connectivity index (χ2n) is 13.6. The van der Waals surface area contributed by atoms with Crippen LogP contribution in [-0.4, -0.2) is 73.0 Å². The van der Waals surface area contributed by atoms with Crippen molar-refractivity contribution in [2.24, 2.45) is 0 Å². The molecule has 3 aromatic rings. The van der Waals surface area contributed by atoms with E-state index in [1.807, 2.05) is 36.4 Å². The molecule has 0 spiro atoms. The van der Waals surface area contributed by atoms with Gasteiger partial charge in [0.25, 0.3) is 8.32 Å². The SMILES string of the molecule is CN(C(=O)OC(C)(C)C)c1ncc(C(O)[C@H]2OC(C)(C)O[C@@H]2[C@H](O)CO[Si](c2ccccc2)(c2ccccc2)C(C)(C)C)s1. The molecule has 9 nitrogen and oxygen atoms in total.